The summed E-state index contributed by atoms with van der Waals surface area (Å²) in [7, 11) is 2.33. The monoisotopic (exact) mass is 234 g/mol. The van der Waals surface area contributed by atoms with E-state index in [0.717, 1.165) is 37.3 Å². The van der Waals surface area contributed by atoms with Crippen molar-refractivity contribution >= 4 is 0 Å². The number of likely N-dealkylation sites (N-methyl/N-ethyl adjacent to an activating group) is 1. The molecule has 0 saturated carbocycles. The van der Waals surface area contributed by atoms with Crippen molar-refractivity contribution in [2.24, 2.45) is 0 Å². The lowest BCUT2D eigenvalue weighted by Crippen LogP contribution is -2.51. The van der Waals surface area contributed by atoms with Gasteiger partial charge < -0.3 is 9.22 Å². The number of ether oxygens (including phenoxy) is 1. The minimum absolute atomic E-state index is 0.622. The molecule has 0 spiro atoms. The molecule has 94 valence electrons. The Morgan fingerprint density at radius 1 is 1.12 bits per heavy atom. The van der Waals surface area contributed by atoms with E-state index in [2.05, 4.69) is 45.2 Å². The number of hydrogen-bond acceptors (Lipinski definition) is 1. The van der Waals surface area contributed by atoms with Crippen molar-refractivity contribution in [3.8, 4) is 0 Å². The minimum atomic E-state index is 0.622. The van der Waals surface area contributed by atoms with Gasteiger partial charge in [-0.2, -0.15) is 0 Å². The van der Waals surface area contributed by atoms with Crippen LogP contribution in [0.1, 0.15) is 30.9 Å². The Labute approximate surface area is 105 Å². The molecule has 1 aliphatic heterocycles. The van der Waals surface area contributed by atoms with Gasteiger partial charge in [0.1, 0.15) is 19.6 Å². The largest absolute Gasteiger partial charge is 0.370 e. The predicted octanol–water partition coefficient (Wildman–Crippen LogP) is 2.79. The third kappa shape index (κ3) is 3.30. The molecule has 1 aromatic rings. The highest BCUT2D eigenvalue weighted by molar-refractivity contribution is 5.24. The van der Waals surface area contributed by atoms with Crippen molar-refractivity contribution in [3.05, 3.63) is 35.4 Å². The zero-order valence-corrected chi connectivity index (χ0v) is 11.3. The van der Waals surface area contributed by atoms with Crippen molar-refractivity contribution in [2.45, 2.75) is 26.3 Å². The van der Waals surface area contributed by atoms with Crippen LogP contribution in [0.3, 0.4) is 0 Å². The second-order valence-corrected chi connectivity index (χ2v) is 5.73. The molecular weight excluding hydrogens is 210 g/mol. The second kappa shape index (κ2) is 5.19. The van der Waals surface area contributed by atoms with Gasteiger partial charge in [-0.05, 0) is 11.5 Å². The summed E-state index contributed by atoms with van der Waals surface area (Å²) in [5, 5.41) is 0. The molecule has 0 bridgehead atoms. The highest BCUT2D eigenvalue weighted by Crippen LogP contribution is 2.18. The summed E-state index contributed by atoms with van der Waals surface area (Å²) in [6.07, 6.45) is 0. The number of nitrogens with zero attached hydrogens (tertiary/aromatic N) is 1. The maximum absolute atomic E-state index is 5.44. The Morgan fingerprint density at radius 2 is 1.71 bits per heavy atom. The molecule has 0 unspecified atom stereocenters. The van der Waals surface area contributed by atoms with Gasteiger partial charge in [0.05, 0.1) is 20.3 Å². The van der Waals surface area contributed by atoms with Gasteiger partial charge in [0.25, 0.3) is 0 Å². The second-order valence-electron chi connectivity index (χ2n) is 5.73. The molecule has 17 heavy (non-hydrogen) atoms. The Morgan fingerprint density at radius 3 is 2.24 bits per heavy atom. The Balaban J connectivity index is 2.03. The molecule has 0 radical (unpaired) electrons. The Bertz CT molecular complexity index is 350. The Hall–Kier alpha value is -0.860. The summed E-state index contributed by atoms with van der Waals surface area (Å²) in [5.41, 5.74) is 2.87. The molecule has 0 atom stereocenters. The van der Waals surface area contributed by atoms with E-state index < -0.39 is 0 Å². The van der Waals surface area contributed by atoms with Crippen LogP contribution in [0.2, 0.25) is 0 Å². The first-order valence-electron chi connectivity index (χ1n) is 6.59. The molecular formula is C15H24NO+. The van der Waals surface area contributed by atoms with Crippen LogP contribution >= 0.6 is 0 Å². The van der Waals surface area contributed by atoms with Crippen molar-refractivity contribution in [1.29, 1.82) is 0 Å². The number of hydrogen-bond donors (Lipinski definition) is 0. The summed E-state index contributed by atoms with van der Waals surface area (Å²) in [6.45, 7) is 9.68. The van der Waals surface area contributed by atoms with Gasteiger partial charge in [-0.1, -0.05) is 38.1 Å². The van der Waals surface area contributed by atoms with Crippen LogP contribution in [-0.4, -0.2) is 37.8 Å². The number of benzene rings is 1. The van der Waals surface area contributed by atoms with Crippen molar-refractivity contribution in [3.63, 3.8) is 0 Å². The first-order chi connectivity index (χ1) is 8.09. The lowest BCUT2D eigenvalue weighted by Gasteiger charge is -2.37. The summed E-state index contributed by atoms with van der Waals surface area (Å²) in [4.78, 5) is 0. The van der Waals surface area contributed by atoms with Gasteiger partial charge in [0.2, 0.25) is 0 Å². The third-order valence-corrected chi connectivity index (χ3v) is 3.76. The Kier molecular flexibility index (Phi) is 3.85. The maximum Gasteiger partial charge on any atom is 0.104 e. The number of rotatable bonds is 3. The van der Waals surface area contributed by atoms with E-state index in [1.807, 2.05) is 0 Å². The van der Waals surface area contributed by atoms with E-state index in [4.69, 9.17) is 4.74 Å². The van der Waals surface area contributed by atoms with E-state index >= 15 is 0 Å². The fourth-order valence-corrected chi connectivity index (χ4v) is 2.39. The van der Waals surface area contributed by atoms with Gasteiger partial charge in [-0.15, -0.1) is 0 Å². The van der Waals surface area contributed by atoms with Crippen molar-refractivity contribution in [2.75, 3.05) is 33.4 Å². The topological polar surface area (TPSA) is 9.23 Å². The van der Waals surface area contributed by atoms with Crippen LogP contribution in [0.5, 0.6) is 0 Å². The normalized spacial score (nSPS) is 19.5. The zero-order chi connectivity index (χ0) is 12.3. The quantitative estimate of drug-likeness (QED) is 0.731. The predicted molar refractivity (Wildman–Crippen MR) is 71.0 cm³/mol. The lowest BCUT2D eigenvalue weighted by atomic mass is 10.0. The van der Waals surface area contributed by atoms with Crippen LogP contribution in [0.25, 0.3) is 0 Å². The maximum atomic E-state index is 5.44. The molecule has 1 fully saturated rings. The van der Waals surface area contributed by atoms with E-state index in [1.165, 1.54) is 11.1 Å². The lowest BCUT2D eigenvalue weighted by molar-refractivity contribution is -0.929. The highest BCUT2D eigenvalue weighted by Gasteiger charge is 2.25. The summed E-state index contributed by atoms with van der Waals surface area (Å²) in [5.74, 6) is 0.622. The molecule has 2 nitrogen and oxygen atoms in total. The average Bonchev–Trinajstić information content (AvgIpc) is 2.30. The number of morpholine rings is 1. The van der Waals surface area contributed by atoms with Gasteiger partial charge in [0, 0.05) is 5.56 Å². The molecule has 1 aromatic carbocycles. The molecule has 0 aliphatic carbocycles. The van der Waals surface area contributed by atoms with Crippen LogP contribution in [0.4, 0.5) is 0 Å². The number of quaternary nitrogens is 1. The molecule has 0 aromatic heterocycles. The van der Waals surface area contributed by atoms with Gasteiger partial charge in [0.15, 0.2) is 0 Å². The van der Waals surface area contributed by atoms with Crippen LogP contribution in [0, 0.1) is 0 Å². The average molecular weight is 234 g/mol. The third-order valence-electron chi connectivity index (χ3n) is 3.76. The first kappa shape index (κ1) is 12.6. The van der Waals surface area contributed by atoms with Crippen molar-refractivity contribution in [1.82, 2.24) is 0 Å². The summed E-state index contributed by atoms with van der Waals surface area (Å²) < 4.78 is 6.55. The van der Waals surface area contributed by atoms with Crippen molar-refractivity contribution < 1.29 is 9.22 Å². The highest BCUT2D eigenvalue weighted by atomic mass is 16.5. The molecule has 0 amide bonds. The standard InChI is InChI=1S/C15H24NO/c1-13(2)15-6-4-14(5-7-15)12-16(3)8-10-17-11-9-16/h4-7,13H,8-12H2,1-3H3/q+1. The summed E-state index contributed by atoms with van der Waals surface area (Å²) in [6, 6.07) is 9.11. The molecule has 1 saturated heterocycles. The molecule has 1 heterocycles. The van der Waals surface area contributed by atoms with E-state index in [9.17, 15) is 0 Å². The fourth-order valence-electron chi connectivity index (χ4n) is 2.39. The molecule has 0 N–H and O–H groups in total. The van der Waals surface area contributed by atoms with Gasteiger partial charge in [-0.3, -0.25) is 0 Å². The molecule has 2 rings (SSSR count). The smallest absolute Gasteiger partial charge is 0.104 e. The minimum Gasteiger partial charge on any atom is -0.370 e. The van der Waals surface area contributed by atoms with Crippen LogP contribution in [0.15, 0.2) is 24.3 Å². The van der Waals surface area contributed by atoms with E-state index in [-0.39, 0.29) is 0 Å². The fraction of sp³-hybridized carbons (Fsp3) is 0.600. The van der Waals surface area contributed by atoms with Gasteiger partial charge in [-0.25, -0.2) is 0 Å². The summed E-state index contributed by atoms with van der Waals surface area (Å²) >= 11 is 0. The van der Waals surface area contributed by atoms with Gasteiger partial charge >= 0.3 is 0 Å². The van der Waals surface area contributed by atoms with Crippen LogP contribution < -0.4 is 0 Å². The van der Waals surface area contributed by atoms with E-state index in [0.29, 0.717) is 5.92 Å². The first-order valence-corrected chi connectivity index (χ1v) is 6.59. The molecule has 2 heteroatoms. The van der Waals surface area contributed by atoms with E-state index in [1.54, 1.807) is 0 Å². The van der Waals surface area contributed by atoms with Crippen LogP contribution in [-0.2, 0) is 11.3 Å². The zero-order valence-electron chi connectivity index (χ0n) is 11.3. The molecule has 1 aliphatic rings. The SMILES string of the molecule is CC(C)c1ccc(C[N+]2(C)CCOCC2)cc1.